The van der Waals surface area contributed by atoms with Crippen molar-refractivity contribution in [1.29, 1.82) is 0 Å². The average Bonchev–Trinajstić information content (AvgIpc) is 2.77. The predicted octanol–water partition coefficient (Wildman–Crippen LogP) is 4.85. The van der Waals surface area contributed by atoms with Crippen LogP contribution in [-0.2, 0) is 17.5 Å². The van der Waals surface area contributed by atoms with Crippen LogP contribution in [0.2, 0.25) is 0 Å². The summed E-state index contributed by atoms with van der Waals surface area (Å²) in [4.78, 5) is 4.96. The molecule has 0 aliphatic carbocycles. The van der Waals surface area contributed by atoms with Crippen molar-refractivity contribution in [3.8, 4) is 5.75 Å². The second kappa shape index (κ2) is 10.1. The third-order valence-corrected chi connectivity index (χ3v) is 11.6. The van der Waals surface area contributed by atoms with E-state index in [-0.39, 0.29) is 4.90 Å². The molecule has 0 amide bonds. The Hall–Kier alpha value is -2.43. The molecule has 0 N–H and O–H groups in total. The molecule has 0 saturated carbocycles. The summed E-state index contributed by atoms with van der Waals surface area (Å²) in [5.74, 6) is 0.626. The number of ether oxygens (including phenoxy) is 1. The Morgan fingerprint density at radius 2 is 1.63 bits per heavy atom. The fourth-order valence-corrected chi connectivity index (χ4v) is 9.76. The van der Waals surface area contributed by atoms with Gasteiger partial charge in [-0.3, -0.25) is 0 Å². The minimum absolute atomic E-state index is 0.131. The summed E-state index contributed by atoms with van der Waals surface area (Å²) in [5.41, 5.74) is 1.66. The molecule has 8 heteroatoms. The van der Waals surface area contributed by atoms with E-state index in [1.54, 1.807) is 43.5 Å². The zero-order valence-electron chi connectivity index (χ0n) is 16.8. The van der Waals surface area contributed by atoms with Crippen LogP contribution in [0.25, 0.3) is 0 Å². The van der Waals surface area contributed by atoms with Crippen molar-refractivity contribution in [2.75, 3.05) is 14.2 Å². The van der Waals surface area contributed by atoms with Crippen molar-refractivity contribution in [3.63, 3.8) is 0 Å². The fraction of sp³-hybridized carbons (Fsp3) is 0.136. The van der Waals surface area contributed by atoms with Crippen LogP contribution in [0.4, 0.5) is 0 Å². The first-order valence-electron chi connectivity index (χ1n) is 8.96. The zero-order chi connectivity index (χ0) is 21.6. The molecule has 6 nitrogen and oxygen atoms in total. The van der Waals surface area contributed by atoms with Gasteiger partial charge in [0.15, 0.2) is 0 Å². The SMILES string of the molecule is CO/N=C/c1cc(OC)ccc1I(OS(=O)(=O)c1ccc(C)cc1)c1ccccc1. The Morgan fingerprint density at radius 1 is 0.933 bits per heavy atom. The molecule has 30 heavy (non-hydrogen) atoms. The average molecular weight is 539 g/mol. The molecular weight excluding hydrogens is 517 g/mol. The van der Waals surface area contributed by atoms with Gasteiger partial charge in [0, 0.05) is 0 Å². The molecule has 0 aromatic heterocycles. The molecule has 0 atom stereocenters. The third kappa shape index (κ3) is 5.38. The van der Waals surface area contributed by atoms with Gasteiger partial charge in [0.1, 0.15) is 0 Å². The molecule has 0 saturated heterocycles. The van der Waals surface area contributed by atoms with Crippen molar-refractivity contribution in [2.24, 2.45) is 5.16 Å². The molecule has 0 bridgehead atoms. The van der Waals surface area contributed by atoms with Crippen molar-refractivity contribution < 1.29 is 20.5 Å². The molecule has 3 aromatic rings. The van der Waals surface area contributed by atoms with Crippen LogP contribution < -0.4 is 4.74 Å². The summed E-state index contributed by atoms with van der Waals surface area (Å²) in [6.45, 7) is 1.90. The van der Waals surface area contributed by atoms with Gasteiger partial charge in [-0.05, 0) is 0 Å². The van der Waals surface area contributed by atoms with Crippen molar-refractivity contribution >= 4 is 36.6 Å². The van der Waals surface area contributed by atoms with Gasteiger partial charge in [0.2, 0.25) is 0 Å². The number of hydrogen-bond donors (Lipinski definition) is 0. The van der Waals surface area contributed by atoms with Gasteiger partial charge in [-0.25, -0.2) is 0 Å². The number of aryl methyl sites for hydroxylation is 1. The van der Waals surface area contributed by atoms with E-state index in [9.17, 15) is 8.42 Å². The normalized spacial score (nSPS) is 12.0. The molecule has 0 radical (unpaired) electrons. The molecule has 0 aliphatic heterocycles. The summed E-state index contributed by atoms with van der Waals surface area (Å²) in [5, 5.41) is 3.86. The van der Waals surface area contributed by atoms with Gasteiger partial charge in [-0.1, -0.05) is 0 Å². The monoisotopic (exact) mass is 539 g/mol. The number of benzene rings is 3. The summed E-state index contributed by atoms with van der Waals surface area (Å²) < 4.78 is 39.0. The van der Waals surface area contributed by atoms with E-state index in [0.29, 0.717) is 11.3 Å². The minimum atomic E-state index is -3.96. The van der Waals surface area contributed by atoms with Crippen LogP contribution in [0, 0.1) is 14.1 Å². The van der Waals surface area contributed by atoms with Gasteiger partial charge in [-0.15, -0.1) is 0 Å². The van der Waals surface area contributed by atoms with E-state index >= 15 is 0 Å². The van der Waals surface area contributed by atoms with Crippen LogP contribution >= 0.6 is 20.2 Å². The van der Waals surface area contributed by atoms with Crippen LogP contribution in [0.1, 0.15) is 11.1 Å². The molecule has 158 valence electrons. The first kappa shape index (κ1) is 22.3. The molecule has 0 unspecified atom stereocenters. The topological polar surface area (TPSA) is 74.2 Å². The first-order valence-corrected chi connectivity index (χ1v) is 13.4. The maximum atomic E-state index is 13.1. The Kier molecular flexibility index (Phi) is 7.46. The van der Waals surface area contributed by atoms with Gasteiger partial charge < -0.3 is 0 Å². The second-order valence-corrected chi connectivity index (χ2v) is 12.6. The van der Waals surface area contributed by atoms with Crippen molar-refractivity contribution in [3.05, 3.63) is 91.1 Å². The van der Waals surface area contributed by atoms with E-state index in [4.69, 9.17) is 12.1 Å². The van der Waals surface area contributed by atoms with E-state index < -0.39 is 30.4 Å². The summed E-state index contributed by atoms with van der Waals surface area (Å²) in [7, 11) is -0.949. The van der Waals surface area contributed by atoms with Crippen molar-refractivity contribution in [1.82, 2.24) is 0 Å². The number of oxime groups is 1. The summed E-state index contributed by atoms with van der Waals surface area (Å²) >= 11 is -2.89. The summed E-state index contributed by atoms with van der Waals surface area (Å²) in [6.07, 6.45) is 1.53. The number of methoxy groups -OCH3 is 1. The van der Waals surface area contributed by atoms with Crippen LogP contribution in [0.15, 0.2) is 82.8 Å². The Labute approximate surface area is 184 Å². The van der Waals surface area contributed by atoms with Gasteiger partial charge in [0.05, 0.1) is 0 Å². The number of rotatable bonds is 8. The van der Waals surface area contributed by atoms with Crippen LogP contribution in [0.5, 0.6) is 5.75 Å². The standard InChI is InChI=1S/C22H22INO5S/c1-17-9-12-21(13-10-17)30(25,26)29-23(19-7-5-4-6-8-19)22-14-11-20(27-2)15-18(22)16-24-28-3/h4-16H,1-3H3/b24-16+. The number of hydrogen-bond acceptors (Lipinski definition) is 6. The number of nitrogens with zero attached hydrogens (tertiary/aromatic N) is 1. The van der Waals surface area contributed by atoms with Crippen LogP contribution in [-0.4, -0.2) is 28.9 Å². The molecule has 0 spiro atoms. The molecule has 3 aromatic carbocycles. The first-order chi connectivity index (χ1) is 14.4. The number of halogens is 1. The Bertz CT molecular complexity index is 1120. The van der Waals surface area contributed by atoms with E-state index in [1.807, 2.05) is 43.3 Å². The Balaban J connectivity index is 2.11. The molecule has 0 aliphatic rings. The van der Waals surface area contributed by atoms with Crippen molar-refractivity contribution in [2.45, 2.75) is 11.8 Å². The van der Waals surface area contributed by atoms with Gasteiger partial charge >= 0.3 is 185 Å². The van der Waals surface area contributed by atoms with E-state index in [2.05, 4.69) is 5.16 Å². The second-order valence-electron chi connectivity index (χ2n) is 6.18. The third-order valence-electron chi connectivity index (χ3n) is 4.07. The zero-order valence-corrected chi connectivity index (χ0v) is 19.8. The summed E-state index contributed by atoms with van der Waals surface area (Å²) in [6, 6.07) is 21.4. The Morgan fingerprint density at radius 3 is 2.27 bits per heavy atom. The maximum absolute atomic E-state index is 13.1. The predicted molar refractivity (Wildman–Crippen MR) is 125 cm³/mol. The van der Waals surface area contributed by atoms with Gasteiger partial charge in [0.25, 0.3) is 0 Å². The molecular formula is C22H22INO5S. The molecule has 0 fully saturated rings. The quantitative estimate of drug-likeness (QED) is 0.233. The fourth-order valence-electron chi connectivity index (χ4n) is 2.55. The molecule has 3 rings (SSSR count). The molecule has 0 heterocycles. The van der Waals surface area contributed by atoms with Crippen LogP contribution in [0.3, 0.4) is 0 Å². The van der Waals surface area contributed by atoms with Gasteiger partial charge in [-0.2, -0.15) is 0 Å². The van der Waals surface area contributed by atoms with E-state index in [0.717, 1.165) is 12.7 Å². The van der Waals surface area contributed by atoms with E-state index in [1.165, 1.54) is 13.3 Å².